The topological polar surface area (TPSA) is 20.2 Å². The molecule has 0 heterocycles. The van der Waals surface area contributed by atoms with Crippen LogP contribution in [-0.2, 0) is 12.8 Å². The Bertz CT molecular complexity index is 474. The van der Waals surface area contributed by atoms with Crippen molar-refractivity contribution < 1.29 is 5.11 Å². The summed E-state index contributed by atoms with van der Waals surface area (Å²) in [6.07, 6.45) is 11.0. The Hall–Kier alpha value is -0.980. The molecule has 1 nitrogen and oxygen atoms in total. The molecule has 1 aromatic carbocycles. The number of benzene rings is 1. The maximum Gasteiger partial charge on any atom is 0.118 e. The van der Waals surface area contributed by atoms with E-state index in [0.717, 1.165) is 18.4 Å². The normalized spacial score (nSPS) is 12.6. The largest absolute Gasteiger partial charge is 0.508 e. The van der Waals surface area contributed by atoms with Gasteiger partial charge in [-0.15, -0.1) is 0 Å². The van der Waals surface area contributed by atoms with Crippen molar-refractivity contribution in [3.05, 3.63) is 29.3 Å². The Morgan fingerprint density at radius 1 is 0.708 bits per heavy atom. The summed E-state index contributed by atoms with van der Waals surface area (Å²) in [5.41, 5.74) is 3.40. The number of rotatable bonds is 9. The van der Waals surface area contributed by atoms with Crippen molar-refractivity contribution in [1.82, 2.24) is 0 Å². The van der Waals surface area contributed by atoms with E-state index in [1.54, 1.807) is 0 Å². The van der Waals surface area contributed by atoms with Crippen LogP contribution in [0.1, 0.15) is 97.6 Å². The van der Waals surface area contributed by atoms with Gasteiger partial charge in [-0.05, 0) is 66.5 Å². The third-order valence-electron chi connectivity index (χ3n) is 4.66. The molecule has 0 spiro atoms. The first-order valence-electron chi connectivity index (χ1n) is 9.88. The van der Waals surface area contributed by atoms with E-state index in [2.05, 4.69) is 53.7 Å². The van der Waals surface area contributed by atoms with E-state index in [4.69, 9.17) is 0 Å². The van der Waals surface area contributed by atoms with Gasteiger partial charge < -0.3 is 5.11 Å². The molecule has 0 aliphatic heterocycles. The van der Waals surface area contributed by atoms with E-state index in [9.17, 15) is 5.11 Å². The number of aromatic hydroxyl groups is 1. The summed E-state index contributed by atoms with van der Waals surface area (Å²) >= 11 is 0. The van der Waals surface area contributed by atoms with Crippen LogP contribution >= 0.6 is 0 Å². The van der Waals surface area contributed by atoms with Crippen LogP contribution in [0, 0.1) is 10.8 Å². The summed E-state index contributed by atoms with van der Waals surface area (Å²) in [6.45, 7) is 13.9. The second-order valence-electron chi connectivity index (χ2n) is 9.85. The maximum absolute atomic E-state index is 10.1. The highest BCUT2D eigenvalue weighted by Crippen LogP contribution is 2.26. The van der Waals surface area contributed by atoms with Gasteiger partial charge in [-0.3, -0.25) is 0 Å². The van der Waals surface area contributed by atoms with Crippen molar-refractivity contribution in [3.63, 3.8) is 0 Å². The Balaban J connectivity index is 2.37. The molecule has 0 aliphatic carbocycles. The highest BCUT2D eigenvalue weighted by Gasteiger charge is 2.10. The fraction of sp³-hybridized carbons (Fsp3) is 0.739. The second kappa shape index (κ2) is 9.49. The van der Waals surface area contributed by atoms with Gasteiger partial charge in [0.05, 0.1) is 0 Å². The molecule has 0 saturated carbocycles. The first-order chi connectivity index (χ1) is 11.1. The predicted octanol–water partition coefficient (Wildman–Crippen LogP) is 7.30. The van der Waals surface area contributed by atoms with E-state index < -0.39 is 0 Å². The van der Waals surface area contributed by atoms with Gasteiger partial charge in [0.2, 0.25) is 0 Å². The van der Waals surface area contributed by atoms with Gasteiger partial charge in [0.1, 0.15) is 5.75 Å². The number of unbranched alkanes of at least 4 members (excludes halogenated alkanes) is 3. The third-order valence-corrected chi connectivity index (χ3v) is 4.66. The number of aryl methyl sites for hydroxylation is 2. The molecule has 138 valence electrons. The Kier molecular flexibility index (Phi) is 8.33. The van der Waals surface area contributed by atoms with Crippen LogP contribution in [0.25, 0.3) is 0 Å². The minimum Gasteiger partial charge on any atom is -0.508 e. The predicted molar refractivity (Wildman–Crippen MR) is 107 cm³/mol. The monoisotopic (exact) mass is 332 g/mol. The molecule has 0 saturated heterocycles. The highest BCUT2D eigenvalue weighted by molar-refractivity contribution is 5.36. The lowest BCUT2D eigenvalue weighted by molar-refractivity contribution is 0.357. The van der Waals surface area contributed by atoms with E-state index >= 15 is 0 Å². The molecule has 0 atom stereocenters. The SMILES string of the molecule is CC(C)(C)CCCCCc1cc(CCCCC(C)(C)C)ccc1O. The van der Waals surface area contributed by atoms with Crippen molar-refractivity contribution in [2.75, 3.05) is 0 Å². The lowest BCUT2D eigenvalue weighted by atomic mass is 9.88. The van der Waals surface area contributed by atoms with E-state index in [0.29, 0.717) is 16.6 Å². The van der Waals surface area contributed by atoms with Gasteiger partial charge >= 0.3 is 0 Å². The summed E-state index contributed by atoms with van der Waals surface area (Å²) < 4.78 is 0. The van der Waals surface area contributed by atoms with Crippen molar-refractivity contribution >= 4 is 0 Å². The Morgan fingerprint density at radius 3 is 1.83 bits per heavy atom. The van der Waals surface area contributed by atoms with Crippen molar-refractivity contribution in [1.29, 1.82) is 0 Å². The second-order valence-corrected chi connectivity index (χ2v) is 9.85. The molecule has 1 N–H and O–H groups in total. The number of phenolic OH excluding ortho intramolecular Hbond substituents is 1. The molecule has 1 heteroatoms. The minimum atomic E-state index is 0.438. The zero-order chi connectivity index (χ0) is 18.2. The average molecular weight is 333 g/mol. The van der Waals surface area contributed by atoms with Crippen LogP contribution in [0.15, 0.2) is 18.2 Å². The van der Waals surface area contributed by atoms with Gasteiger partial charge in [0.15, 0.2) is 0 Å². The minimum absolute atomic E-state index is 0.438. The van der Waals surface area contributed by atoms with Crippen LogP contribution in [0.3, 0.4) is 0 Å². The lowest BCUT2D eigenvalue weighted by Gasteiger charge is -2.18. The summed E-state index contributed by atoms with van der Waals surface area (Å²) in [7, 11) is 0. The molecule has 0 aromatic heterocycles. The number of hydrogen-bond donors (Lipinski definition) is 1. The molecule has 1 rings (SSSR count). The van der Waals surface area contributed by atoms with Crippen molar-refractivity contribution in [2.24, 2.45) is 10.8 Å². The molecule has 0 unspecified atom stereocenters. The Labute approximate surface area is 150 Å². The van der Waals surface area contributed by atoms with Crippen LogP contribution in [0.4, 0.5) is 0 Å². The summed E-state index contributed by atoms with van der Waals surface area (Å²) in [5, 5.41) is 10.1. The molecule has 0 radical (unpaired) electrons. The Morgan fingerprint density at radius 2 is 1.25 bits per heavy atom. The highest BCUT2D eigenvalue weighted by atomic mass is 16.3. The van der Waals surface area contributed by atoms with Crippen molar-refractivity contribution in [2.45, 2.75) is 99.3 Å². The summed E-state index contributed by atoms with van der Waals surface area (Å²) in [6, 6.07) is 6.22. The maximum atomic E-state index is 10.1. The summed E-state index contributed by atoms with van der Waals surface area (Å²) in [5.74, 6) is 0.476. The molecule has 0 aliphatic rings. The summed E-state index contributed by atoms with van der Waals surface area (Å²) in [4.78, 5) is 0. The van der Waals surface area contributed by atoms with Crippen LogP contribution in [0.5, 0.6) is 5.75 Å². The van der Waals surface area contributed by atoms with Crippen LogP contribution in [0.2, 0.25) is 0 Å². The molecule has 0 bridgehead atoms. The van der Waals surface area contributed by atoms with Gasteiger partial charge in [-0.25, -0.2) is 0 Å². The van der Waals surface area contributed by atoms with E-state index in [1.165, 1.54) is 50.5 Å². The fourth-order valence-corrected chi connectivity index (χ4v) is 3.13. The van der Waals surface area contributed by atoms with E-state index in [1.807, 2.05) is 6.07 Å². The third kappa shape index (κ3) is 10.0. The zero-order valence-electron chi connectivity index (χ0n) is 17.0. The molecule has 0 amide bonds. The molecule has 0 fully saturated rings. The molecular formula is C23H40O. The molecular weight excluding hydrogens is 292 g/mol. The van der Waals surface area contributed by atoms with Crippen LogP contribution in [-0.4, -0.2) is 5.11 Å². The zero-order valence-corrected chi connectivity index (χ0v) is 17.0. The quantitative estimate of drug-likeness (QED) is 0.470. The fourth-order valence-electron chi connectivity index (χ4n) is 3.13. The van der Waals surface area contributed by atoms with E-state index in [-0.39, 0.29) is 0 Å². The lowest BCUT2D eigenvalue weighted by Crippen LogP contribution is -2.04. The smallest absolute Gasteiger partial charge is 0.118 e. The van der Waals surface area contributed by atoms with Gasteiger partial charge in [-0.1, -0.05) is 72.9 Å². The average Bonchev–Trinajstić information content (AvgIpc) is 2.44. The van der Waals surface area contributed by atoms with Gasteiger partial charge in [0.25, 0.3) is 0 Å². The molecule has 24 heavy (non-hydrogen) atoms. The first kappa shape index (κ1) is 21.1. The number of phenols is 1. The van der Waals surface area contributed by atoms with Gasteiger partial charge in [-0.2, -0.15) is 0 Å². The molecule has 1 aromatic rings. The number of hydrogen-bond acceptors (Lipinski definition) is 1. The van der Waals surface area contributed by atoms with Crippen LogP contribution < -0.4 is 0 Å². The first-order valence-corrected chi connectivity index (χ1v) is 9.88. The standard InChI is InChI=1S/C23H40O/c1-22(2,3)16-10-7-8-13-20-18-19(14-15-21(20)24)12-9-11-17-23(4,5)6/h14-15,18,24H,7-13,16-17H2,1-6H3. The van der Waals surface area contributed by atoms with Crippen molar-refractivity contribution in [3.8, 4) is 5.75 Å². The van der Waals surface area contributed by atoms with Gasteiger partial charge in [0, 0.05) is 0 Å².